The van der Waals surface area contributed by atoms with Gasteiger partial charge in [-0.25, -0.2) is 4.98 Å². The number of nitrogens with one attached hydrogen (secondary N) is 1. The normalized spacial score (nSPS) is 17.8. The lowest BCUT2D eigenvalue weighted by Crippen LogP contribution is -2.56. The van der Waals surface area contributed by atoms with E-state index >= 15 is 0 Å². The molecule has 0 aliphatic carbocycles. The molecule has 2 aromatic carbocycles. The number of rotatable bonds is 5. The van der Waals surface area contributed by atoms with E-state index in [1.165, 1.54) is 12.1 Å². The fraction of sp³-hybridized carbons (Fsp3) is 0.440. The molecule has 0 saturated carbocycles. The Morgan fingerprint density at radius 2 is 1.79 bits per heavy atom. The number of para-hydroxylation sites is 2. The Labute approximate surface area is 196 Å². The van der Waals surface area contributed by atoms with Gasteiger partial charge in [0.1, 0.15) is 17.5 Å². The number of piperazine rings is 1. The first kappa shape index (κ1) is 24.2. The Hall–Kier alpha value is -2.91. The molecule has 0 bridgehead atoms. The number of imidazole rings is 1. The summed E-state index contributed by atoms with van der Waals surface area (Å²) in [6.45, 7) is 7.52. The van der Waals surface area contributed by atoms with Crippen LogP contribution >= 0.6 is 0 Å². The molecule has 0 radical (unpaired) electrons. The van der Waals surface area contributed by atoms with E-state index in [1.54, 1.807) is 6.07 Å². The van der Waals surface area contributed by atoms with Crippen molar-refractivity contribution in [2.75, 3.05) is 19.6 Å². The summed E-state index contributed by atoms with van der Waals surface area (Å²) >= 11 is 0. The molecule has 9 heteroatoms. The number of aromatic nitrogens is 2. The predicted octanol–water partition coefficient (Wildman–Crippen LogP) is 4.22. The molecule has 0 amide bonds. The van der Waals surface area contributed by atoms with E-state index in [9.17, 15) is 18.0 Å². The highest BCUT2D eigenvalue weighted by Gasteiger charge is 2.35. The van der Waals surface area contributed by atoms with E-state index < -0.39 is 23.4 Å². The van der Waals surface area contributed by atoms with Gasteiger partial charge in [-0.1, -0.05) is 30.3 Å². The predicted molar refractivity (Wildman–Crippen MR) is 123 cm³/mol. The van der Waals surface area contributed by atoms with Crippen molar-refractivity contribution in [3.8, 4) is 0 Å². The van der Waals surface area contributed by atoms with Crippen LogP contribution in [0.1, 0.15) is 37.7 Å². The maximum absolute atomic E-state index is 13.6. The highest BCUT2D eigenvalue weighted by atomic mass is 19.4. The van der Waals surface area contributed by atoms with Crippen molar-refractivity contribution in [1.29, 1.82) is 0 Å². The van der Waals surface area contributed by atoms with Crippen LogP contribution in [0.3, 0.4) is 0 Å². The van der Waals surface area contributed by atoms with Gasteiger partial charge in [-0.2, -0.15) is 13.2 Å². The average Bonchev–Trinajstić information content (AvgIpc) is 3.09. The summed E-state index contributed by atoms with van der Waals surface area (Å²) < 4.78 is 48.4. The first-order valence-electron chi connectivity index (χ1n) is 11.3. The third-order valence-electron chi connectivity index (χ3n) is 5.76. The van der Waals surface area contributed by atoms with Gasteiger partial charge in [-0.15, -0.1) is 0 Å². The van der Waals surface area contributed by atoms with Crippen molar-refractivity contribution in [3.63, 3.8) is 0 Å². The molecule has 34 heavy (non-hydrogen) atoms. The largest absolute Gasteiger partial charge is 0.459 e. The van der Waals surface area contributed by atoms with E-state index in [2.05, 4.69) is 5.32 Å². The van der Waals surface area contributed by atoms with Gasteiger partial charge < -0.3 is 14.6 Å². The monoisotopic (exact) mass is 474 g/mol. The van der Waals surface area contributed by atoms with Crippen LogP contribution < -0.4 is 5.32 Å². The topological polar surface area (TPSA) is 59.4 Å². The number of ether oxygens (including phenoxy) is 1. The lowest BCUT2D eigenvalue weighted by atomic mass is 10.1. The van der Waals surface area contributed by atoms with E-state index in [4.69, 9.17) is 9.72 Å². The molecule has 1 N–H and O–H groups in total. The van der Waals surface area contributed by atoms with Crippen LogP contribution in [-0.2, 0) is 28.8 Å². The summed E-state index contributed by atoms with van der Waals surface area (Å²) in [5.41, 5.74) is 0.342. The van der Waals surface area contributed by atoms with Crippen molar-refractivity contribution < 1.29 is 22.7 Å². The van der Waals surface area contributed by atoms with Crippen LogP contribution in [-0.4, -0.2) is 51.7 Å². The fourth-order valence-corrected chi connectivity index (χ4v) is 4.25. The summed E-state index contributed by atoms with van der Waals surface area (Å²) in [7, 11) is 0. The Balaban J connectivity index is 1.69. The summed E-state index contributed by atoms with van der Waals surface area (Å²) in [5.74, 6) is 0.276. The second kappa shape index (κ2) is 9.38. The van der Waals surface area contributed by atoms with E-state index in [1.807, 2.05) is 54.5 Å². The van der Waals surface area contributed by atoms with Crippen LogP contribution in [0.2, 0.25) is 0 Å². The maximum atomic E-state index is 13.6. The third kappa shape index (κ3) is 5.42. The van der Waals surface area contributed by atoms with Gasteiger partial charge in [0.15, 0.2) is 0 Å². The van der Waals surface area contributed by atoms with Crippen LogP contribution in [0.5, 0.6) is 0 Å². The van der Waals surface area contributed by atoms with Gasteiger partial charge in [0.25, 0.3) is 0 Å². The number of nitrogens with zero attached hydrogens (tertiary/aromatic N) is 3. The highest BCUT2D eigenvalue weighted by molar-refractivity contribution is 5.77. The highest BCUT2D eigenvalue weighted by Crippen LogP contribution is 2.33. The third-order valence-corrected chi connectivity index (χ3v) is 5.76. The lowest BCUT2D eigenvalue weighted by Gasteiger charge is -2.35. The summed E-state index contributed by atoms with van der Waals surface area (Å²) in [6, 6.07) is 12.5. The van der Waals surface area contributed by atoms with Gasteiger partial charge in [-0.3, -0.25) is 9.69 Å². The zero-order chi connectivity index (χ0) is 24.5. The molecular formula is C25H29F3N4O2. The van der Waals surface area contributed by atoms with Crippen molar-refractivity contribution in [2.24, 2.45) is 0 Å². The second-order valence-electron chi connectivity index (χ2n) is 9.48. The number of benzene rings is 2. The van der Waals surface area contributed by atoms with Crippen molar-refractivity contribution >= 4 is 17.0 Å². The second-order valence-corrected chi connectivity index (χ2v) is 9.48. The van der Waals surface area contributed by atoms with Crippen LogP contribution in [0.25, 0.3) is 11.0 Å². The summed E-state index contributed by atoms with van der Waals surface area (Å²) in [4.78, 5) is 19.6. The van der Waals surface area contributed by atoms with E-state index in [-0.39, 0.29) is 18.1 Å². The minimum absolute atomic E-state index is 0.0225. The van der Waals surface area contributed by atoms with Crippen LogP contribution in [0.15, 0.2) is 48.5 Å². The first-order chi connectivity index (χ1) is 16.0. The SMILES string of the molecule is CC(C)(C)OC(=O)C1CNCCN1Cc1nc2ccccc2n1Cc1ccccc1C(F)(F)F. The van der Waals surface area contributed by atoms with Gasteiger partial charge >= 0.3 is 12.1 Å². The molecule has 1 fully saturated rings. The standard InChI is InChI=1S/C25H29F3N4O2/c1-24(2,3)34-23(33)21-14-29-12-13-31(21)16-22-30-19-10-6-7-11-20(19)32(22)15-17-8-4-5-9-18(17)25(26,27)28/h4-11,21,29H,12-16H2,1-3H3. The smallest absolute Gasteiger partial charge is 0.416 e. The molecule has 6 nitrogen and oxygen atoms in total. The fourth-order valence-electron chi connectivity index (χ4n) is 4.25. The summed E-state index contributed by atoms with van der Waals surface area (Å²) in [6.07, 6.45) is -4.45. The maximum Gasteiger partial charge on any atom is 0.416 e. The molecule has 182 valence electrons. The zero-order valence-corrected chi connectivity index (χ0v) is 19.5. The van der Waals surface area contributed by atoms with E-state index in [0.29, 0.717) is 37.5 Å². The van der Waals surface area contributed by atoms with Gasteiger partial charge in [-0.05, 0) is 44.5 Å². The number of hydrogen-bond donors (Lipinski definition) is 1. The van der Waals surface area contributed by atoms with Crippen molar-refractivity contribution in [3.05, 3.63) is 65.5 Å². The lowest BCUT2D eigenvalue weighted by molar-refractivity contribution is -0.162. The average molecular weight is 475 g/mol. The number of halogens is 3. The molecule has 1 aliphatic heterocycles. The number of carbonyl (C=O) groups excluding carboxylic acids is 1. The Bertz CT molecular complexity index is 1170. The van der Waals surface area contributed by atoms with Gasteiger partial charge in [0.2, 0.25) is 0 Å². The van der Waals surface area contributed by atoms with Gasteiger partial charge in [0.05, 0.1) is 23.1 Å². The van der Waals surface area contributed by atoms with Crippen molar-refractivity contribution in [2.45, 2.75) is 51.7 Å². The van der Waals surface area contributed by atoms with Crippen molar-refractivity contribution in [1.82, 2.24) is 19.8 Å². The molecule has 1 atom stereocenters. The number of fused-ring (bicyclic) bond motifs is 1. The molecule has 1 aliphatic rings. The number of esters is 1. The molecular weight excluding hydrogens is 445 g/mol. The molecule has 4 rings (SSSR count). The summed E-state index contributed by atoms with van der Waals surface area (Å²) in [5, 5.41) is 3.23. The van der Waals surface area contributed by atoms with Crippen LogP contribution in [0.4, 0.5) is 13.2 Å². The molecule has 1 aromatic heterocycles. The molecule has 2 heterocycles. The number of carbonyl (C=O) groups is 1. The molecule has 1 saturated heterocycles. The minimum Gasteiger partial charge on any atom is -0.459 e. The molecule has 1 unspecified atom stereocenters. The first-order valence-corrected chi connectivity index (χ1v) is 11.3. The number of alkyl halides is 3. The quantitative estimate of drug-likeness (QED) is 0.562. The van der Waals surface area contributed by atoms with E-state index in [0.717, 1.165) is 11.6 Å². The minimum atomic E-state index is -4.45. The number of hydrogen-bond acceptors (Lipinski definition) is 5. The molecule has 3 aromatic rings. The Kier molecular flexibility index (Phi) is 6.69. The zero-order valence-electron chi connectivity index (χ0n) is 19.5. The van der Waals surface area contributed by atoms with Gasteiger partial charge in [0, 0.05) is 26.2 Å². The van der Waals surface area contributed by atoms with Crippen LogP contribution in [0, 0.1) is 0 Å². The molecule has 0 spiro atoms. The Morgan fingerprint density at radius 3 is 2.53 bits per heavy atom. The Morgan fingerprint density at radius 1 is 1.09 bits per heavy atom.